The highest BCUT2D eigenvalue weighted by Crippen LogP contribution is 2.40. The summed E-state index contributed by atoms with van der Waals surface area (Å²) in [6, 6.07) is 13.6. The molecule has 3 heteroatoms. The number of ketones is 1. The normalized spacial score (nSPS) is 29.1. The number of nitriles is 1. The molecule has 2 aliphatic heterocycles. The highest BCUT2D eigenvalue weighted by molar-refractivity contribution is 5.83. The van der Waals surface area contributed by atoms with Crippen LogP contribution in [0.15, 0.2) is 30.3 Å². The largest absolute Gasteiger partial charge is 0.298 e. The van der Waals surface area contributed by atoms with E-state index in [-0.39, 0.29) is 18.1 Å². The molecule has 0 saturated carbocycles. The lowest BCUT2D eigenvalue weighted by Gasteiger charge is -2.38. The van der Waals surface area contributed by atoms with Gasteiger partial charge in [-0.2, -0.15) is 5.26 Å². The van der Waals surface area contributed by atoms with Crippen LogP contribution in [0.25, 0.3) is 0 Å². The lowest BCUT2D eigenvalue weighted by atomic mass is 9.86. The van der Waals surface area contributed by atoms with E-state index >= 15 is 0 Å². The van der Waals surface area contributed by atoms with Crippen molar-refractivity contribution in [2.45, 2.75) is 50.7 Å². The van der Waals surface area contributed by atoms with Crippen molar-refractivity contribution >= 4 is 5.78 Å². The van der Waals surface area contributed by atoms with Crippen LogP contribution < -0.4 is 0 Å². The van der Waals surface area contributed by atoms with Crippen molar-refractivity contribution in [2.75, 3.05) is 0 Å². The maximum atomic E-state index is 11.9. The average Bonchev–Trinajstić information content (AvgIpc) is 2.71. The topological polar surface area (TPSA) is 44.1 Å². The van der Waals surface area contributed by atoms with E-state index < -0.39 is 0 Å². The predicted molar refractivity (Wildman–Crippen MR) is 76.8 cm³/mol. The molecule has 0 aliphatic carbocycles. The lowest BCUT2D eigenvalue weighted by Crippen LogP contribution is -2.44. The number of carbonyl (C=O) groups is 1. The van der Waals surface area contributed by atoms with Crippen molar-refractivity contribution in [3.8, 4) is 6.07 Å². The Hall–Kier alpha value is -1.66. The average molecular weight is 268 g/mol. The molecule has 2 aliphatic rings. The van der Waals surface area contributed by atoms with Gasteiger partial charge in [-0.05, 0) is 31.2 Å². The summed E-state index contributed by atoms with van der Waals surface area (Å²) in [4.78, 5) is 14.5. The first kappa shape index (κ1) is 13.3. The van der Waals surface area contributed by atoms with E-state index in [1.807, 2.05) is 12.1 Å². The molecule has 1 aromatic carbocycles. The number of hydrogen-bond donors (Lipinski definition) is 0. The minimum atomic E-state index is 0.0861. The number of nitrogens with zero attached hydrogens (tertiary/aromatic N) is 2. The molecule has 2 unspecified atom stereocenters. The standard InChI is InChI=1S/C17H20N2O/c18-9-8-17(20)14-10-15-6-7-16(11-14)19(15)12-13-4-2-1-3-5-13/h1-5,14-16H,6-8,10-12H2. The molecule has 3 rings (SSSR count). The summed E-state index contributed by atoms with van der Waals surface area (Å²) in [7, 11) is 0. The Morgan fingerprint density at radius 1 is 1.20 bits per heavy atom. The Balaban J connectivity index is 1.66. The fourth-order valence-electron chi connectivity index (χ4n) is 3.81. The molecular formula is C17H20N2O. The molecule has 2 saturated heterocycles. The Morgan fingerprint density at radius 2 is 1.85 bits per heavy atom. The Labute approximate surface area is 120 Å². The summed E-state index contributed by atoms with van der Waals surface area (Å²) in [5.41, 5.74) is 1.35. The van der Waals surface area contributed by atoms with E-state index in [0.717, 1.165) is 19.4 Å². The lowest BCUT2D eigenvalue weighted by molar-refractivity contribution is -0.124. The van der Waals surface area contributed by atoms with Gasteiger partial charge in [-0.1, -0.05) is 30.3 Å². The van der Waals surface area contributed by atoms with Crippen molar-refractivity contribution in [1.82, 2.24) is 4.90 Å². The van der Waals surface area contributed by atoms with E-state index in [1.54, 1.807) is 0 Å². The molecule has 0 aromatic heterocycles. The van der Waals surface area contributed by atoms with Gasteiger partial charge in [-0.3, -0.25) is 9.69 Å². The number of Topliss-reactive ketones (excluding diaryl/α,β-unsaturated/α-hetero) is 1. The van der Waals surface area contributed by atoms with Gasteiger partial charge >= 0.3 is 0 Å². The van der Waals surface area contributed by atoms with Crippen LogP contribution in [0.4, 0.5) is 0 Å². The van der Waals surface area contributed by atoms with Crippen molar-refractivity contribution < 1.29 is 4.79 Å². The van der Waals surface area contributed by atoms with Crippen molar-refractivity contribution in [3.63, 3.8) is 0 Å². The van der Waals surface area contributed by atoms with Gasteiger partial charge in [0.2, 0.25) is 0 Å². The minimum Gasteiger partial charge on any atom is -0.298 e. The van der Waals surface area contributed by atoms with Gasteiger partial charge in [-0.15, -0.1) is 0 Å². The maximum absolute atomic E-state index is 11.9. The number of carbonyl (C=O) groups excluding carboxylic acids is 1. The zero-order valence-electron chi connectivity index (χ0n) is 11.7. The number of rotatable bonds is 4. The highest BCUT2D eigenvalue weighted by atomic mass is 16.1. The van der Waals surface area contributed by atoms with Gasteiger partial charge in [0.1, 0.15) is 5.78 Å². The van der Waals surface area contributed by atoms with Crippen molar-refractivity contribution in [2.24, 2.45) is 5.92 Å². The zero-order chi connectivity index (χ0) is 13.9. The molecule has 2 fully saturated rings. The molecule has 0 amide bonds. The summed E-state index contributed by atoms with van der Waals surface area (Å²) in [5.74, 6) is 0.280. The quantitative estimate of drug-likeness (QED) is 0.843. The Kier molecular flexibility index (Phi) is 3.84. The number of hydrogen-bond acceptors (Lipinski definition) is 3. The first-order valence-electron chi connectivity index (χ1n) is 7.47. The third-order valence-corrected chi connectivity index (χ3v) is 4.80. The van der Waals surface area contributed by atoms with E-state index in [4.69, 9.17) is 5.26 Å². The molecule has 2 bridgehead atoms. The molecule has 104 valence electrons. The van der Waals surface area contributed by atoms with Gasteiger partial charge in [0, 0.05) is 24.5 Å². The van der Waals surface area contributed by atoms with E-state index in [1.165, 1.54) is 18.4 Å². The third-order valence-electron chi connectivity index (χ3n) is 4.80. The van der Waals surface area contributed by atoms with Gasteiger partial charge in [-0.25, -0.2) is 0 Å². The van der Waals surface area contributed by atoms with Crippen LogP contribution in [-0.2, 0) is 11.3 Å². The zero-order valence-corrected chi connectivity index (χ0v) is 11.7. The van der Waals surface area contributed by atoms with Gasteiger partial charge in [0.25, 0.3) is 0 Å². The maximum Gasteiger partial charge on any atom is 0.150 e. The van der Waals surface area contributed by atoms with Gasteiger partial charge < -0.3 is 0 Å². The molecule has 3 nitrogen and oxygen atoms in total. The second-order valence-corrected chi connectivity index (χ2v) is 6.01. The Bertz CT molecular complexity index is 506. The molecule has 1 aromatic rings. The van der Waals surface area contributed by atoms with Crippen LogP contribution in [-0.4, -0.2) is 22.8 Å². The number of fused-ring (bicyclic) bond motifs is 2. The smallest absolute Gasteiger partial charge is 0.150 e. The van der Waals surface area contributed by atoms with Crippen LogP contribution in [0.2, 0.25) is 0 Å². The third kappa shape index (κ3) is 2.62. The second kappa shape index (κ2) is 5.76. The molecule has 0 radical (unpaired) electrons. The van der Waals surface area contributed by atoms with Gasteiger partial charge in [0.05, 0.1) is 12.5 Å². The van der Waals surface area contributed by atoms with Crippen molar-refractivity contribution in [1.29, 1.82) is 5.26 Å². The highest BCUT2D eigenvalue weighted by Gasteiger charge is 2.42. The van der Waals surface area contributed by atoms with E-state index in [9.17, 15) is 4.79 Å². The Morgan fingerprint density at radius 3 is 2.45 bits per heavy atom. The molecule has 0 N–H and O–H groups in total. The van der Waals surface area contributed by atoms with Crippen LogP contribution in [0.1, 0.15) is 37.7 Å². The predicted octanol–water partition coefficient (Wildman–Crippen LogP) is 2.91. The summed E-state index contributed by atoms with van der Waals surface area (Å²) in [6.07, 6.45) is 4.39. The summed E-state index contributed by atoms with van der Waals surface area (Å²) >= 11 is 0. The number of piperidine rings is 1. The monoisotopic (exact) mass is 268 g/mol. The molecule has 20 heavy (non-hydrogen) atoms. The summed E-state index contributed by atoms with van der Waals surface area (Å²) in [5, 5.41) is 8.68. The molecule has 2 heterocycles. The van der Waals surface area contributed by atoms with E-state index in [0.29, 0.717) is 12.1 Å². The minimum absolute atomic E-state index is 0.0861. The summed E-state index contributed by atoms with van der Waals surface area (Å²) < 4.78 is 0. The van der Waals surface area contributed by atoms with Gasteiger partial charge in [0.15, 0.2) is 0 Å². The SMILES string of the molecule is N#CCC(=O)C1CC2CCC(C1)N2Cc1ccccc1. The van der Waals surface area contributed by atoms with Crippen LogP contribution in [0.5, 0.6) is 0 Å². The fraction of sp³-hybridized carbons (Fsp3) is 0.529. The second-order valence-electron chi connectivity index (χ2n) is 6.01. The van der Waals surface area contributed by atoms with Crippen LogP contribution >= 0.6 is 0 Å². The molecular weight excluding hydrogens is 248 g/mol. The fourth-order valence-corrected chi connectivity index (χ4v) is 3.81. The first-order chi connectivity index (χ1) is 9.78. The van der Waals surface area contributed by atoms with Crippen LogP contribution in [0, 0.1) is 17.2 Å². The molecule has 2 atom stereocenters. The first-order valence-corrected chi connectivity index (χ1v) is 7.47. The van der Waals surface area contributed by atoms with Crippen molar-refractivity contribution in [3.05, 3.63) is 35.9 Å². The van der Waals surface area contributed by atoms with Crippen LogP contribution in [0.3, 0.4) is 0 Å². The summed E-state index contributed by atoms with van der Waals surface area (Å²) in [6.45, 7) is 0.995. The number of benzene rings is 1. The van der Waals surface area contributed by atoms with E-state index in [2.05, 4.69) is 29.2 Å². The molecule has 0 spiro atoms.